The van der Waals surface area contributed by atoms with E-state index in [1.165, 1.54) is 36.8 Å². The summed E-state index contributed by atoms with van der Waals surface area (Å²) >= 11 is 0. The van der Waals surface area contributed by atoms with Crippen molar-refractivity contribution in [3.63, 3.8) is 0 Å². The van der Waals surface area contributed by atoms with Gasteiger partial charge in [0.1, 0.15) is 36.9 Å². The van der Waals surface area contributed by atoms with Gasteiger partial charge in [0.15, 0.2) is 0 Å². The third kappa shape index (κ3) is 4.44. The van der Waals surface area contributed by atoms with Crippen molar-refractivity contribution in [2.24, 2.45) is 5.92 Å². The monoisotopic (exact) mass is 394 g/mol. The van der Waals surface area contributed by atoms with Gasteiger partial charge in [0.25, 0.3) is 0 Å². The molecule has 29 heavy (non-hydrogen) atoms. The molecule has 4 heteroatoms. The molecule has 2 aromatic carbocycles. The molecule has 1 saturated carbocycles. The zero-order valence-electron chi connectivity index (χ0n) is 17.1. The highest BCUT2D eigenvalue weighted by molar-refractivity contribution is 5.44. The largest absolute Gasteiger partial charge is 0.491 e. The molecule has 0 N–H and O–H groups in total. The van der Waals surface area contributed by atoms with Crippen LogP contribution in [0.15, 0.2) is 48.5 Å². The maximum absolute atomic E-state index is 5.84. The fourth-order valence-corrected chi connectivity index (χ4v) is 4.45. The summed E-state index contributed by atoms with van der Waals surface area (Å²) < 4.78 is 22.2. The Bertz CT molecular complexity index is 736. The van der Waals surface area contributed by atoms with E-state index in [1.54, 1.807) is 0 Å². The Hall–Kier alpha value is -2.04. The fraction of sp³-hybridized carbons (Fsp3) is 0.520. The van der Waals surface area contributed by atoms with E-state index >= 15 is 0 Å². The molecule has 2 heterocycles. The first kappa shape index (κ1) is 19.0. The number of rotatable bonds is 8. The van der Waals surface area contributed by atoms with Gasteiger partial charge in [-0.15, -0.1) is 0 Å². The first-order valence-electron chi connectivity index (χ1n) is 10.9. The molecular formula is C25H30O4. The molecule has 3 aliphatic rings. The smallest absolute Gasteiger partial charge is 0.119 e. The average Bonchev–Trinajstić information content (AvgIpc) is 3.68. The van der Waals surface area contributed by atoms with Crippen molar-refractivity contribution in [1.82, 2.24) is 0 Å². The van der Waals surface area contributed by atoms with Gasteiger partial charge in [0, 0.05) is 5.41 Å². The van der Waals surface area contributed by atoms with Gasteiger partial charge in [-0.3, -0.25) is 0 Å². The normalized spacial score (nSPS) is 30.6. The quantitative estimate of drug-likeness (QED) is 0.607. The molecule has 1 aliphatic carbocycles. The van der Waals surface area contributed by atoms with E-state index in [0.29, 0.717) is 13.2 Å². The topological polar surface area (TPSA) is 43.5 Å². The molecule has 0 aromatic heterocycles. The zero-order chi connectivity index (χ0) is 19.7. The zero-order valence-corrected chi connectivity index (χ0v) is 17.1. The second-order valence-corrected chi connectivity index (χ2v) is 8.85. The van der Waals surface area contributed by atoms with Gasteiger partial charge in [0.05, 0.1) is 13.2 Å². The van der Waals surface area contributed by atoms with E-state index < -0.39 is 0 Å². The minimum atomic E-state index is 0.0722. The van der Waals surface area contributed by atoms with E-state index in [9.17, 15) is 0 Å². The summed E-state index contributed by atoms with van der Waals surface area (Å²) in [5.41, 5.74) is 2.85. The lowest BCUT2D eigenvalue weighted by atomic mass is 9.63. The van der Waals surface area contributed by atoms with Crippen LogP contribution in [0, 0.1) is 5.92 Å². The van der Waals surface area contributed by atoms with E-state index in [-0.39, 0.29) is 17.6 Å². The second kappa shape index (κ2) is 8.00. The lowest BCUT2D eigenvalue weighted by Gasteiger charge is -2.41. The highest BCUT2D eigenvalue weighted by Gasteiger charge is 2.37. The Morgan fingerprint density at radius 2 is 1.17 bits per heavy atom. The van der Waals surface area contributed by atoms with Gasteiger partial charge in [-0.1, -0.05) is 31.2 Å². The average molecular weight is 395 g/mol. The first-order valence-corrected chi connectivity index (χ1v) is 10.9. The summed E-state index contributed by atoms with van der Waals surface area (Å²) in [5, 5.41) is 0. The van der Waals surface area contributed by atoms with Gasteiger partial charge < -0.3 is 18.9 Å². The van der Waals surface area contributed by atoms with Gasteiger partial charge in [0.2, 0.25) is 0 Å². The molecule has 2 atom stereocenters. The summed E-state index contributed by atoms with van der Waals surface area (Å²) in [7, 11) is 0. The number of hydrogen-bond acceptors (Lipinski definition) is 4. The molecular weight excluding hydrogens is 364 g/mol. The van der Waals surface area contributed by atoms with Crippen molar-refractivity contribution < 1.29 is 18.9 Å². The van der Waals surface area contributed by atoms with Crippen LogP contribution >= 0.6 is 0 Å². The van der Waals surface area contributed by atoms with Crippen LogP contribution in [0.2, 0.25) is 0 Å². The third-order valence-corrected chi connectivity index (χ3v) is 6.62. The van der Waals surface area contributed by atoms with E-state index in [2.05, 4.69) is 55.5 Å². The molecule has 2 saturated heterocycles. The van der Waals surface area contributed by atoms with E-state index in [0.717, 1.165) is 30.6 Å². The number of hydrogen-bond donors (Lipinski definition) is 0. The van der Waals surface area contributed by atoms with Crippen LogP contribution in [0.1, 0.15) is 43.7 Å². The van der Waals surface area contributed by atoms with Crippen LogP contribution in [0.5, 0.6) is 11.5 Å². The van der Waals surface area contributed by atoms with Gasteiger partial charge in [-0.05, 0) is 67.0 Å². The molecule has 2 unspecified atom stereocenters. The maximum Gasteiger partial charge on any atom is 0.119 e. The number of benzene rings is 2. The Morgan fingerprint density at radius 1 is 0.759 bits per heavy atom. The number of epoxide rings is 2. The van der Waals surface area contributed by atoms with Crippen LogP contribution in [0.4, 0.5) is 0 Å². The summed E-state index contributed by atoms with van der Waals surface area (Å²) in [6.07, 6.45) is 5.45. The molecule has 0 radical (unpaired) electrons. The standard InChI is InChI=1S/C25H30O4/c1-18-10-12-25(13-11-18,19-2-6-21(7-3-19)26-14-23-16-28-23)20-4-8-22(9-5-20)27-15-24-17-29-24/h2-9,18,23-24H,10-17H2,1H3. The fourth-order valence-electron chi connectivity index (χ4n) is 4.45. The van der Waals surface area contributed by atoms with Crippen molar-refractivity contribution in [3.8, 4) is 11.5 Å². The van der Waals surface area contributed by atoms with Crippen molar-refractivity contribution in [2.45, 2.75) is 50.2 Å². The van der Waals surface area contributed by atoms with Crippen molar-refractivity contribution >= 4 is 0 Å². The SMILES string of the molecule is CC1CCC(c2ccc(OCC3CO3)cc2)(c2ccc(OCC3CO3)cc2)CC1. The highest BCUT2D eigenvalue weighted by Crippen LogP contribution is 2.47. The Labute approximate surface area is 173 Å². The Kier molecular flexibility index (Phi) is 5.23. The summed E-state index contributed by atoms with van der Waals surface area (Å²) in [6, 6.07) is 17.5. The minimum Gasteiger partial charge on any atom is -0.491 e. The Morgan fingerprint density at radius 3 is 1.55 bits per heavy atom. The molecule has 0 spiro atoms. The van der Waals surface area contributed by atoms with E-state index in [4.69, 9.17) is 18.9 Å². The third-order valence-electron chi connectivity index (χ3n) is 6.62. The molecule has 0 bridgehead atoms. The predicted molar refractivity (Wildman–Crippen MR) is 112 cm³/mol. The van der Waals surface area contributed by atoms with Crippen molar-refractivity contribution in [1.29, 1.82) is 0 Å². The molecule has 4 nitrogen and oxygen atoms in total. The van der Waals surface area contributed by atoms with Crippen LogP contribution in [0.3, 0.4) is 0 Å². The predicted octanol–water partition coefficient (Wildman–Crippen LogP) is 4.74. The van der Waals surface area contributed by atoms with Gasteiger partial charge in [-0.25, -0.2) is 0 Å². The Balaban J connectivity index is 1.36. The van der Waals surface area contributed by atoms with Crippen LogP contribution < -0.4 is 9.47 Å². The minimum absolute atomic E-state index is 0.0722. The number of ether oxygens (including phenoxy) is 4. The summed E-state index contributed by atoms with van der Waals surface area (Å²) in [5.74, 6) is 2.65. The molecule has 3 fully saturated rings. The van der Waals surface area contributed by atoms with Crippen LogP contribution in [-0.4, -0.2) is 38.6 Å². The lowest BCUT2D eigenvalue weighted by molar-refractivity contribution is 0.261. The summed E-state index contributed by atoms with van der Waals surface area (Å²) in [4.78, 5) is 0. The molecule has 5 rings (SSSR count). The van der Waals surface area contributed by atoms with Crippen molar-refractivity contribution in [3.05, 3.63) is 59.7 Å². The van der Waals surface area contributed by atoms with Gasteiger partial charge in [-0.2, -0.15) is 0 Å². The van der Waals surface area contributed by atoms with E-state index in [1.807, 2.05) is 0 Å². The molecule has 154 valence electrons. The van der Waals surface area contributed by atoms with Gasteiger partial charge >= 0.3 is 0 Å². The second-order valence-electron chi connectivity index (χ2n) is 8.85. The summed E-state index contributed by atoms with van der Waals surface area (Å²) in [6.45, 7) is 5.32. The van der Waals surface area contributed by atoms with Crippen LogP contribution in [-0.2, 0) is 14.9 Å². The molecule has 2 aliphatic heterocycles. The highest BCUT2D eigenvalue weighted by atomic mass is 16.6. The molecule has 2 aromatic rings. The lowest BCUT2D eigenvalue weighted by Crippen LogP contribution is -2.32. The first-order chi connectivity index (χ1) is 14.2. The maximum atomic E-state index is 5.84. The molecule has 0 amide bonds. The van der Waals surface area contributed by atoms with Crippen molar-refractivity contribution in [2.75, 3.05) is 26.4 Å². The van der Waals surface area contributed by atoms with Crippen LogP contribution in [0.25, 0.3) is 0 Å².